The highest BCUT2D eigenvalue weighted by Gasteiger charge is 2.29. The van der Waals surface area contributed by atoms with E-state index in [0.29, 0.717) is 18.8 Å². The lowest BCUT2D eigenvalue weighted by Gasteiger charge is -2.26. The highest BCUT2D eigenvalue weighted by Crippen LogP contribution is 2.24. The van der Waals surface area contributed by atoms with Gasteiger partial charge in [-0.1, -0.05) is 35.9 Å². The topological polar surface area (TPSA) is 57.7 Å². The second kappa shape index (κ2) is 7.27. The van der Waals surface area contributed by atoms with Gasteiger partial charge in [0.25, 0.3) is 10.0 Å². The predicted octanol–water partition coefficient (Wildman–Crippen LogP) is 2.81. The van der Waals surface area contributed by atoms with Gasteiger partial charge in [0, 0.05) is 13.1 Å². The number of carbonyl (C=O) groups excluding carboxylic acids is 1. The predicted molar refractivity (Wildman–Crippen MR) is 98.0 cm³/mol. The van der Waals surface area contributed by atoms with Crippen molar-refractivity contribution in [2.75, 3.05) is 23.9 Å². The molecule has 132 valence electrons. The van der Waals surface area contributed by atoms with E-state index < -0.39 is 10.0 Å². The first-order valence-electron chi connectivity index (χ1n) is 8.41. The van der Waals surface area contributed by atoms with Gasteiger partial charge >= 0.3 is 0 Å². The SMILES string of the molecule is Cc1ccc(N(CC(=O)N2CCCC2)S(=O)(=O)c2ccccc2)cc1. The summed E-state index contributed by atoms with van der Waals surface area (Å²) in [4.78, 5) is 14.5. The molecule has 5 nitrogen and oxygen atoms in total. The Morgan fingerprint density at radius 3 is 2.20 bits per heavy atom. The fraction of sp³-hybridized carbons (Fsp3) is 0.316. The fourth-order valence-corrected chi connectivity index (χ4v) is 4.37. The number of benzene rings is 2. The first-order valence-corrected chi connectivity index (χ1v) is 9.85. The summed E-state index contributed by atoms with van der Waals surface area (Å²) >= 11 is 0. The van der Waals surface area contributed by atoms with Crippen molar-refractivity contribution in [3.8, 4) is 0 Å². The Morgan fingerprint density at radius 2 is 1.60 bits per heavy atom. The minimum atomic E-state index is -3.81. The number of nitrogens with zero attached hydrogens (tertiary/aromatic N) is 2. The van der Waals surface area contributed by atoms with Crippen LogP contribution in [0.3, 0.4) is 0 Å². The maximum atomic E-state index is 13.1. The van der Waals surface area contributed by atoms with E-state index >= 15 is 0 Å². The second-order valence-corrected chi connectivity index (χ2v) is 8.11. The first-order chi connectivity index (χ1) is 12.0. The smallest absolute Gasteiger partial charge is 0.264 e. The van der Waals surface area contributed by atoms with Crippen molar-refractivity contribution in [3.05, 3.63) is 60.2 Å². The summed E-state index contributed by atoms with van der Waals surface area (Å²) in [5.74, 6) is -0.155. The number of carbonyl (C=O) groups is 1. The summed E-state index contributed by atoms with van der Waals surface area (Å²) in [7, 11) is -3.81. The Balaban J connectivity index is 1.96. The van der Waals surface area contributed by atoms with Gasteiger partial charge in [-0.05, 0) is 44.0 Å². The number of rotatable bonds is 5. The van der Waals surface area contributed by atoms with Crippen molar-refractivity contribution in [1.29, 1.82) is 0 Å². The van der Waals surface area contributed by atoms with Crippen molar-refractivity contribution in [2.24, 2.45) is 0 Å². The Bertz CT molecular complexity index is 827. The van der Waals surface area contributed by atoms with E-state index in [9.17, 15) is 13.2 Å². The lowest BCUT2D eigenvalue weighted by molar-refractivity contribution is -0.128. The molecule has 0 radical (unpaired) electrons. The van der Waals surface area contributed by atoms with Gasteiger partial charge in [-0.25, -0.2) is 8.42 Å². The van der Waals surface area contributed by atoms with Gasteiger partial charge in [0.1, 0.15) is 6.54 Å². The Hall–Kier alpha value is -2.34. The zero-order chi connectivity index (χ0) is 17.9. The van der Waals surface area contributed by atoms with Gasteiger partial charge in [-0.2, -0.15) is 0 Å². The van der Waals surface area contributed by atoms with Crippen LogP contribution >= 0.6 is 0 Å². The van der Waals surface area contributed by atoms with Crippen LogP contribution in [0.1, 0.15) is 18.4 Å². The lowest BCUT2D eigenvalue weighted by Crippen LogP contribution is -2.42. The molecule has 0 spiro atoms. The number of amides is 1. The van der Waals surface area contributed by atoms with Crippen LogP contribution in [0.15, 0.2) is 59.5 Å². The Kier molecular flexibility index (Phi) is 5.08. The third kappa shape index (κ3) is 3.85. The van der Waals surface area contributed by atoms with Crippen LogP contribution in [0.4, 0.5) is 5.69 Å². The van der Waals surface area contributed by atoms with Gasteiger partial charge < -0.3 is 4.90 Å². The maximum Gasteiger partial charge on any atom is 0.264 e. The number of hydrogen-bond acceptors (Lipinski definition) is 3. The van der Waals surface area contributed by atoms with E-state index in [4.69, 9.17) is 0 Å². The van der Waals surface area contributed by atoms with Crippen LogP contribution in [0.5, 0.6) is 0 Å². The monoisotopic (exact) mass is 358 g/mol. The van der Waals surface area contributed by atoms with Crippen LogP contribution in [-0.2, 0) is 14.8 Å². The molecular weight excluding hydrogens is 336 g/mol. The van der Waals surface area contributed by atoms with Gasteiger partial charge in [0.05, 0.1) is 10.6 Å². The number of anilines is 1. The van der Waals surface area contributed by atoms with E-state index in [-0.39, 0.29) is 17.3 Å². The van der Waals surface area contributed by atoms with Crippen molar-refractivity contribution in [3.63, 3.8) is 0 Å². The molecular formula is C19H22N2O3S. The molecule has 0 aromatic heterocycles. The zero-order valence-corrected chi connectivity index (χ0v) is 15.1. The quantitative estimate of drug-likeness (QED) is 0.826. The molecule has 1 aliphatic heterocycles. The van der Waals surface area contributed by atoms with Crippen LogP contribution in [0, 0.1) is 6.92 Å². The second-order valence-electron chi connectivity index (χ2n) is 6.25. The number of aryl methyl sites for hydroxylation is 1. The van der Waals surface area contributed by atoms with Crippen LogP contribution in [-0.4, -0.2) is 38.9 Å². The molecule has 1 aliphatic rings. The standard InChI is InChI=1S/C19H22N2O3S/c1-16-9-11-17(12-10-16)21(15-19(22)20-13-5-6-14-20)25(23,24)18-7-3-2-4-8-18/h2-4,7-12H,5-6,13-15H2,1H3. The normalized spacial score (nSPS) is 14.5. The molecule has 0 atom stereocenters. The van der Waals surface area contributed by atoms with Crippen LogP contribution in [0.25, 0.3) is 0 Å². The largest absolute Gasteiger partial charge is 0.341 e. The molecule has 25 heavy (non-hydrogen) atoms. The molecule has 0 unspecified atom stereocenters. The van der Waals surface area contributed by atoms with Crippen molar-refractivity contribution < 1.29 is 13.2 Å². The summed E-state index contributed by atoms with van der Waals surface area (Å²) in [6, 6.07) is 15.4. The summed E-state index contributed by atoms with van der Waals surface area (Å²) in [6.07, 6.45) is 1.95. The van der Waals surface area contributed by atoms with Gasteiger partial charge in [-0.15, -0.1) is 0 Å². The van der Waals surface area contributed by atoms with E-state index in [1.54, 1.807) is 47.4 Å². The van der Waals surface area contributed by atoms with Crippen molar-refractivity contribution in [2.45, 2.75) is 24.7 Å². The molecule has 1 fully saturated rings. The summed E-state index contributed by atoms with van der Waals surface area (Å²) in [5, 5.41) is 0. The summed E-state index contributed by atoms with van der Waals surface area (Å²) in [5.41, 5.74) is 1.54. The molecule has 0 saturated carbocycles. The highest BCUT2D eigenvalue weighted by molar-refractivity contribution is 7.92. The summed E-state index contributed by atoms with van der Waals surface area (Å²) < 4.78 is 27.5. The van der Waals surface area contributed by atoms with Gasteiger partial charge in [0.15, 0.2) is 0 Å². The average molecular weight is 358 g/mol. The van der Waals surface area contributed by atoms with Crippen molar-refractivity contribution in [1.82, 2.24) is 4.90 Å². The maximum absolute atomic E-state index is 13.1. The lowest BCUT2D eigenvalue weighted by atomic mass is 10.2. The molecule has 1 heterocycles. The Morgan fingerprint density at radius 1 is 1.00 bits per heavy atom. The zero-order valence-electron chi connectivity index (χ0n) is 14.3. The van der Waals surface area contributed by atoms with Crippen LogP contribution < -0.4 is 4.31 Å². The van der Waals surface area contributed by atoms with Crippen molar-refractivity contribution >= 4 is 21.6 Å². The van der Waals surface area contributed by atoms with E-state index in [1.165, 1.54) is 4.31 Å². The van der Waals surface area contributed by atoms with Gasteiger partial charge in [0.2, 0.25) is 5.91 Å². The molecule has 1 saturated heterocycles. The van der Waals surface area contributed by atoms with Gasteiger partial charge in [-0.3, -0.25) is 9.10 Å². The number of likely N-dealkylation sites (tertiary alicyclic amines) is 1. The molecule has 3 rings (SSSR count). The van der Waals surface area contributed by atoms with E-state index in [0.717, 1.165) is 18.4 Å². The Labute approximate surface area is 148 Å². The summed E-state index contributed by atoms with van der Waals surface area (Å²) in [6.45, 7) is 3.16. The molecule has 2 aromatic carbocycles. The number of hydrogen-bond donors (Lipinski definition) is 0. The molecule has 0 aliphatic carbocycles. The first kappa shape index (κ1) is 17.5. The molecule has 6 heteroatoms. The molecule has 2 aromatic rings. The van der Waals surface area contributed by atoms with E-state index in [1.807, 2.05) is 19.1 Å². The average Bonchev–Trinajstić information content (AvgIpc) is 3.16. The molecule has 0 N–H and O–H groups in total. The van der Waals surface area contributed by atoms with Crippen LogP contribution in [0.2, 0.25) is 0 Å². The third-order valence-electron chi connectivity index (χ3n) is 4.39. The highest BCUT2D eigenvalue weighted by atomic mass is 32.2. The third-order valence-corrected chi connectivity index (χ3v) is 6.18. The van der Waals surface area contributed by atoms with E-state index in [2.05, 4.69) is 0 Å². The fourth-order valence-electron chi connectivity index (χ4n) is 2.94. The minimum Gasteiger partial charge on any atom is -0.341 e. The minimum absolute atomic E-state index is 0.155. The molecule has 0 bridgehead atoms. The molecule has 1 amide bonds. The number of sulfonamides is 1.